The van der Waals surface area contributed by atoms with E-state index in [0.717, 1.165) is 5.56 Å². The maximum absolute atomic E-state index is 13.3. The summed E-state index contributed by atoms with van der Waals surface area (Å²) in [6.07, 6.45) is 0.553. The van der Waals surface area contributed by atoms with Crippen LogP contribution in [0.15, 0.2) is 29.2 Å². The Morgan fingerprint density at radius 1 is 0.897 bits per heavy atom. The summed E-state index contributed by atoms with van der Waals surface area (Å²) in [5, 5.41) is 19.1. The van der Waals surface area contributed by atoms with Gasteiger partial charge in [-0.1, -0.05) is 6.92 Å². The molecule has 1 heterocycles. The van der Waals surface area contributed by atoms with Crippen molar-refractivity contribution in [1.82, 2.24) is 0 Å². The van der Waals surface area contributed by atoms with Gasteiger partial charge in [-0.05, 0) is 61.6 Å². The van der Waals surface area contributed by atoms with E-state index in [1.54, 1.807) is 33.5 Å². The van der Waals surface area contributed by atoms with Gasteiger partial charge in [0.05, 0.1) is 58.6 Å². The van der Waals surface area contributed by atoms with Crippen molar-refractivity contribution in [2.75, 3.05) is 46.9 Å². The lowest BCUT2D eigenvalue weighted by Crippen LogP contribution is -2.19. The molecule has 1 saturated heterocycles. The van der Waals surface area contributed by atoms with Crippen LogP contribution in [-0.4, -0.2) is 71.6 Å². The van der Waals surface area contributed by atoms with Crippen molar-refractivity contribution >= 4 is 9.84 Å². The Hall–Kier alpha value is -2.73. The highest BCUT2D eigenvalue weighted by molar-refractivity contribution is 7.91. The number of aliphatic hydroxyl groups excluding tert-OH is 2. The van der Waals surface area contributed by atoms with Crippen molar-refractivity contribution < 1.29 is 47.1 Å². The lowest BCUT2D eigenvalue weighted by atomic mass is 10.0. The molecule has 0 radical (unpaired) electrons. The van der Waals surface area contributed by atoms with Crippen molar-refractivity contribution in [3.05, 3.63) is 35.4 Å². The van der Waals surface area contributed by atoms with Gasteiger partial charge >= 0.3 is 0 Å². The fourth-order valence-corrected chi connectivity index (χ4v) is 6.11. The summed E-state index contributed by atoms with van der Waals surface area (Å²) in [5.41, 5.74) is 1.47. The number of rotatable bonds is 15. The molecule has 3 rings (SSSR count). The Labute approximate surface area is 230 Å². The summed E-state index contributed by atoms with van der Waals surface area (Å²) in [6, 6.07) is 6.99. The molecular formula is C28H40O10S. The monoisotopic (exact) mass is 568 g/mol. The molecule has 1 aliphatic rings. The van der Waals surface area contributed by atoms with Crippen molar-refractivity contribution in [2.24, 2.45) is 0 Å². The summed E-state index contributed by atoms with van der Waals surface area (Å²) in [6.45, 7) is 3.74. The quantitative estimate of drug-likeness (QED) is 0.304. The molecule has 0 aromatic heterocycles. The maximum Gasteiger partial charge on any atom is 0.203 e. The van der Waals surface area contributed by atoms with Gasteiger partial charge < -0.3 is 38.6 Å². The van der Waals surface area contributed by atoms with Crippen molar-refractivity contribution in [3.8, 4) is 28.7 Å². The van der Waals surface area contributed by atoms with E-state index in [9.17, 15) is 18.6 Å². The smallest absolute Gasteiger partial charge is 0.203 e. The second-order valence-corrected chi connectivity index (χ2v) is 11.4. The molecule has 0 saturated carbocycles. The van der Waals surface area contributed by atoms with E-state index in [1.165, 1.54) is 6.92 Å². The molecule has 0 bridgehead atoms. The Morgan fingerprint density at radius 3 is 2.00 bits per heavy atom. The van der Waals surface area contributed by atoms with Crippen LogP contribution < -0.4 is 23.7 Å². The van der Waals surface area contributed by atoms with Gasteiger partial charge in [-0.15, -0.1) is 0 Å². The summed E-state index contributed by atoms with van der Waals surface area (Å²) >= 11 is 0. The van der Waals surface area contributed by atoms with Gasteiger partial charge in [0.1, 0.15) is 4.90 Å². The topological polar surface area (TPSA) is 130 Å². The average Bonchev–Trinajstić information content (AvgIpc) is 3.41. The molecule has 0 aliphatic carbocycles. The van der Waals surface area contributed by atoms with E-state index in [0.29, 0.717) is 48.5 Å². The van der Waals surface area contributed by atoms with Crippen LogP contribution in [0.3, 0.4) is 0 Å². The van der Waals surface area contributed by atoms with Gasteiger partial charge in [-0.2, -0.15) is 0 Å². The Morgan fingerprint density at radius 2 is 1.49 bits per heavy atom. The lowest BCUT2D eigenvalue weighted by Gasteiger charge is -2.21. The molecule has 218 valence electrons. The second kappa shape index (κ2) is 14.1. The SMILES string of the molecule is CCCOc1c(OCCCO)cc([C@H]2CC[C@H](c3cc(OC)c(OC)c(OC)c3)O2)cc1S(=O)(=O)CC(C)O. The zero-order valence-electron chi connectivity index (χ0n) is 23.3. The fourth-order valence-electron chi connectivity index (χ4n) is 4.54. The molecular weight excluding hydrogens is 528 g/mol. The molecule has 1 fully saturated rings. The molecule has 39 heavy (non-hydrogen) atoms. The number of methoxy groups -OCH3 is 3. The highest BCUT2D eigenvalue weighted by Gasteiger charge is 2.33. The summed E-state index contributed by atoms with van der Waals surface area (Å²) in [4.78, 5) is -0.0480. The molecule has 3 atom stereocenters. The van der Waals surface area contributed by atoms with Crippen LogP contribution >= 0.6 is 0 Å². The third-order valence-electron chi connectivity index (χ3n) is 6.30. The summed E-state index contributed by atoms with van der Waals surface area (Å²) in [5.74, 6) is 1.43. The Kier molecular flexibility index (Phi) is 11.1. The van der Waals surface area contributed by atoms with E-state index < -0.39 is 27.8 Å². The van der Waals surface area contributed by atoms with Gasteiger partial charge in [-0.25, -0.2) is 8.42 Å². The minimum Gasteiger partial charge on any atom is -0.493 e. The van der Waals surface area contributed by atoms with E-state index in [2.05, 4.69) is 0 Å². The van der Waals surface area contributed by atoms with Gasteiger partial charge in [-0.3, -0.25) is 0 Å². The first-order valence-electron chi connectivity index (χ1n) is 13.1. The molecule has 2 aromatic rings. The van der Waals surface area contributed by atoms with Crippen LogP contribution in [0.2, 0.25) is 0 Å². The molecule has 0 spiro atoms. The normalized spacial score (nSPS) is 18.0. The molecule has 1 aliphatic heterocycles. The van der Waals surface area contributed by atoms with Crippen molar-refractivity contribution in [2.45, 2.75) is 62.7 Å². The molecule has 0 amide bonds. The van der Waals surface area contributed by atoms with Gasteiger partial charge in [0, 0.05) is 13.0 Å². The number of sulfone groups is 1. The van der Waals surface area contributed by atoms with E-state index >= 15 is 0 Å². The Balaban J connectivity index is 2.03. The lowest BCUT2D eigenvalue weighted by molar-refractivity contribution is 0.0434. The van der Waals surface area contributed by atoms with Crippen molar-refractivity contribution in [1.29, 1.82) is 0 Å². The zero-order chi connectivity index (χ0) is 28.6. The third-order valence-corrected chi connectivity index (χ3v) is 8.19. The molecule has 2 aromatic carbocycles. The van der Waals surface area contributed by atoms with E-state index in [4.69, 9.17) is 28.4 Å². The van der Waals surface area contributed by atoms with Crippen LogP contribution in [0.4, 0.5) is 0 Å². The third kappa shape index (κ3) is 7.47. The van der Waals surface area contributed by atoms with Crippen LogP contribution in [0, 0.1) is 0 Å². The first-order valence-corrected chi connectivity index (χ1v) is 14.7. The molecule has 2 N–H and O–H groups in total. The number of hydrogen-bond acceptors (Lipinski definition) is 10. The van der Waals surface area contributed by atoms with Gasteiger partial charge in [0.15, 0.2) is 32.8 Å². The highest BCUT2D eigenvalue weighted by atomic mass is 32.2. The maximum atomic E-state index is 13.3. The molecule has 1 unspecified atom stereocenters. The van der Waals surface area contributed by atoms with Crippen LogP contribution in [0.25, 0.3) is 0 Å². The van der Waals surface area contributed by atoms with E-state index in [1.807, 2.05) is 19.1 Å². The largest absolute Gasteiger partial charge is 0.493 e. The minimum absolute atomic E-state index is 0.0480. The van der Waals surface area contributed by atoms with Crippen molar-refractivity contribution in [3.63, 3.8) is 0 Å². The number of hydrogen-bond donors (Lipinski definition) is 2. The number of ether oxygens (including phenoxy) is 6. The van der Waals surface area contributed by atoms with Gasteiger partial charge in [0.25, 0.3) is 0 Å². The summed E-state index contributed by atoms with van der Waals surface area (Å²) in [7, 11) is 0.718. The fraction of sp³-hybridized carbons (Fsp3) is 0.571. The van der Waals surface area contributed by atoms with Crippen LogP contribution in [-0.2, 0) is 14.6 Å². The number of benzene rings is 2. The molecule has 10 nitrogen and oxygen atoms in total. The zero-order valence-corrected chi connectivity index (χ0v) is 24.1. The van der Waals surface area contributed by atoms with Gasteiger partial charge in [0.2, 0.25) is 5.75 Å². The van der Waals surface area contributed by atoms with Crippen LogP contribution in [0.1, 0.15) is 62.9 Å². The predicted octanol–water partition coefficient (Wildman–Crippen LogP) is 4.01. The average molecular weight is 569 g/mol. The highest BCUT2D eigenvalue weighted by Crippen LogP contribution is 2.48. The second-order valence-electron chi connectivity index (χ2n) is 9.40. The van der Waals surface area contributed by atoms with E-state index in [-0.39, 0.29) is 42.3 Å². The first kappa shape index (κ1) is 30.8. The molecule has 11 heteroatoms. The number of aliphatic hydroxyl groups is 2. The van der Waals surface area contributed by atoms with Crippen LogP contribution in [0.5, 0.6) is 28.7 Å². The summed E-state index contributed by atoms with van der Waals surface area (Å²) < 4.78 is 61.3. The first-order chi connectivity index (χ1) is 18.7. The Bertz CT molecular complexity index is 1170. The minimum atomic E-state index is -3.92. The standard InChI is InChI=1S/C28H40O10S/c1-6-11-37-28-25(36-12-7-10-29)15-20(16-26(28)39(31,32)17-18(2)30)22-9-8-21(38-22)19-13-23(33-3)27(35-5)24(14-19)34-4/h13-16,18,21-22,29-30H,6-12,17H2,1-5H3/t18?,21-,22-/m1/s1. The predicted molar refractivity (Wildman–Crippen MR) is 145 cm³/mol.